The summed E-state index contributed by atoms with van der Waals surface area (Å²) in [5.74, 6) is 1.26. The third-order valence-electron chi connectivity index (χ3n) is 2.30. The van der Waals surface area contributed by atoms with Gasteiger partial charge in [-0.1, -0.05) is 27.7 Å². The summed E-state index contributed by atoms with van der Waals surface area (Å²) in [6.07, 6.45) is 2.25. The van der Waals surface area contributed by atoms with Gasteiger partial charge in [0.05, 0.1) is 0 Å². The Labute approximate surface area is 88.4 Å². The summed E-state index contributed by atoms with van der Waals surface area (Å²) in [6, 6.07) is 0. The van der Waals surface area contributed by atoms with Gasteiger partial charge in [0.15, 0.2) is 0 Å². The molecule has 0 saturated heterocycles. The van der Waals surface area contributed by atoms with Gasteiger partial charge in [0, 0.05) is 17.6 Å². The molecule has 0 fully saturated rings. The normalized spacial score (nSPS) is 15.6. The summed E-state index contributed by atoms with van der Waals surface area (Å²) >= 11 is 4.57. The Morgan fingerprint density at radius 3 is 2.15 bits per heavy atom. The van der Waals surface area contributed by atoms with Crippen LogP contribution in [0.25, 0.3) is 0 Å². The Balaban J connectivity index is 4.48. The minimum atomic E-state index is 0.574. The molecule has 1 nitrogen and oxygen atoms in total. The molecular formula is C11H23NS. The van der Waals surface area contributed by atoms with Crippen LogP contribution in [0.2, 0.25) is 0 Å². The molecule has 0 amide bonds. The van der Waals surface area contributed by atoms with Gasteiger partial charge >= 0.3 is 0 Å². The van der Waals surface area contributed by atoms with Crippen molar-refractivity contribution in [2.24, 2.45) is 11.8 Å². The van der Waals surface area contributed by atoms with E-state index in [9.17, 15) is 0 Å². The van der Waals surface area contributed by atoms with Crippen LogP contribution in [0, 0.1) is 11.8 Å². The first kappa shape index (κ1) is 12.9. The van der Waals surface area contributed by atoms with Crippen molar-refractivity contribution in [3.8, 4) is 0 Å². The first-order valence-corrected chi connectivity index (χ1v) is 5.57. The second kappa shape index (κ2) is 6.36. The molecule has 0 aliphatic carbocycles. The molecule has 0 aromatic carbocycles. The number of allylic oxidation sites excluding steroid dienone is 2. The van der Waals surface area contributed by atoms with Gasteiger partial charge in [0.2, 0.25) is 0 Å². The van der Waals surface area contributed by atoms with Crippen molar-refractivity contribution in [2.45, 2.75) is 40.5 Å². The lowest BCUT2D eigenvalue weighted by atomic mass is 10.0. The van der Waals surface area contributed by atoms with Crippen LogP contribution >= 0.6 is 12.6 Å². The van der Waals surface area contributed by atoms with Crippen LogP contribution in [0.4, 0.5) is 0 Å². The van der Waals surface area contributed by atoms with Crippen molar-refractivity contribution < 1.29 is 0 Å². The predicted octanol–water partition coefficient (Wildman–Crippen LogP) is 3.44. The lowest BCUT2D eigenvalue weighted by molar-refractivity contribution is 0.596. The number of nitrogens with one attached hydrogen (secondary N) is 1. The monoisotopic (exact) mass is 201 g/mol. The minimum Gasteiger partial charge on any atom is -0.391 e. The van der Waals surface area contributed by atoms with E-state index < -0.39 is 0 Å². The number of hydrogen-bond acceptors (Lipinski definition) is 2. The molecule has 0 radical (unpaired) electrons. The maximum atomic E-state index is 4.57. The second-order valence-electron chi connectivity index (χ2n) is 4.02. The summed E-state index contributed by atoms with van der Waals surface area (Å²) in [7, 11) is 1.98. The van der Waals surface area contributed by atoms with E-state index in [2.05, 4.69) is 45.6 Å². The molecule has 1 unspecified atom stereocenters. The molecular weight excluding hydrogens is 178 g/mol. The van der Waals surface area contributed by atoms with Crippen molar-refractivity contribution in [2.75, 3.05) is 7.05 Å². The van der Waals surface area contributed by atoms with Gasteiger partial charge in [-0.15, -0.1) is 12.6 Å². The Morgan fingerprint density at radius 2 is 1.85 bits per heavy atom. The van der Waals surface area contributed by atoms with Crippen LogP contribution in [0.3, 0.4) is 0 Å². The fourth-order valence-electron chi connectivity index (χ4n) is 1.23. The Morgan fingerprint density at radius 1 is 1.31 bits per heavy atom. The largest absolute Gasteiger partial charge is 0.391 e. The quantitative estimate of drug-likeness (QED) is 0.649. The van der Waals surface area contributed by atoms with Gasteiger partial charge < -0.3 is 5.32 Å². The summed E-state index contributed by atoms with van der Waals surface area (Å²) < 4.78 is 0. The molecule has 78 valence electrons. The Kier molecular flexibility index (Phi) is 6.31. The van der Waals surface area contributed by atoms with Crippen LogP contribution in [-0.4, -0.2) is 7.05 Å². The molecule has 0 aliphatic heterocycles. The third-order valence-corrected chi connectivity index (χ3v) is 3.01. The zero-order valence-electron chi connectivity index (χ0n) is 9.52. The molecule has 0 aliphatic rings. The summed E-state index contributed by atoms with van der Waals surface area (Å²) in [5, 5.41) is 3.25. The summed E-state index contributed by atoms with van der Waals surface area (Å²) in [5.41, 5.74) is 1.30. The van der Waals surface area contributed by atoms with E-state index in [1.807, 2.05) is 7.05 Å². The van der Waals surface area contributed by atoms with E-state index in [0.717, 1.165) is 12.8 Å². The molecule has 0 heterocycles. The smallest absolute Gasteiger partial charge is 0.0203 e. The van der Waals surface area contributed by atoms with Crippen LogP contribution in [0.5, 0.6) is 0 Å². The molecule has 2 heteroatoms. The number of hydrogen-bond donors (Lipinski definition) is 2. The highest BCUT2D eigenvalue weighted by molar-refractivity contribution is 7.84. The number of rotatable bonds is 5. The lowest BCUT2D eigenvalue weighted by Crippen LogP contribution is -2.12. The van der Waals surface area contributed by atoms with Crippen LogP contribution in [-0.2, 0) is 0 Å². The van der Waals surface area contributed by atoms with E-state index >= 15 is 0 Å². The average Bonchev–Trinajstić information content (AvgIpc) is 2.11. The van der Waals surface area contributed by atoms with Gasteiger partial charge in [0.1, 0.15) is 0 Å². The predicted molar refractivity (Wildman–Crippen MR) is 64.0 cm³/mol. The molecule has 0 rings (SSSR count). The highest BCUT2D eigenvalue weighted by atomic mass is 32.1. The Bertz CT molecular complexity index is 173. The zero-order valence-corrected chi connectivity index (χ0v) is 10.4. The Hall–Kier alpha value is -0.110. The third kappa shape index (κ3) is 4.61. The van der Waals surface area contributed by atoms with Crippen molar-refractivity contribution in [3.05, 3.63) is 10.6 Å². The molecule has 0 aromatic rings. The van der Waals surface area contributed by atoms with Crippen LogP contribution < -0.4 is 5.32 Å². The van der Waals surface area contributed by atoms with Crippen LogP contribution in [0.15, 0.2) is 10.6 Å². The highest BCUT2D eigenvalue weighted by Gasteiger charge is 2.09. The molecule has 0 aromatic heterocycles. The highest BCUT2D eigenvalue weighted by Crippen LogP contribution is 2.24. The van der Waals surface area contributed by atoms with E-state index in [4.69, 9.17) is 0 Å². The first-order chi connectivity index (χ1) is 6.02. The van der Waals surface area contributed by atoms with Crippen molar-refractivity contribution in [1.82, 2.24) is 5.32 Å². The maximum Gasteiger partial charge on any atom is 0.0203 e. The average molecular weight is 201 g/mol. The van der Waals surface area contributed by atoms with Crippen molar-refractivity contribution in [3.63, 3.8) is 0 Å². The molecule has 0 spiro atoms. The molecule has 13 heavy (non-hydrogen) atoms. The molecule has 0 bridgehead atoms. The first-order valence-electron chi connectivity index (χ1n) is 5.12. The fraction of sp³-hybridized carbons (Fsp3) is 0.818. The second-order valence-corrected chi connectivity index (χ2v) is 4.50. The zero-order chi connectivity index (χ0) is 10.4. The molecule has 1 atom stereocenters. The van der Waals surface area contributed by atoms with Gasteiger partial charge in [-0.05, 0) is 24.7 Å². The summed E-state index contributed by atoms with van der Waals surface area (Å²) in [4.78, 5) is 1.22. The standard InChI is InChI=1S/C11H23NS/c1-6-9(4)11(13)10(12-5)7-8(2)3/h8-9,12-13H,6-7H2,1-5H3/b11-10+. The molecule has 1 N–H and O–H groups in total. The SMILES string of the molecule is CCC(C)/C(S)=C(/CC(C)C)NC. The summed E-state index contributed by atoms with van der Waals surface area (Å²) in [6.45, 7) is 8.88. The van der Waals surface area contributed by atoms with Crippen molar-refractivity contribution in [1.29, 1.82) is 0 Å². The number of thiol groups is 1. The van der Waals surface area contributed by atoms with Gasteiger partial charge in [-0.3, -0.25) is 0 Å². The maximum absolute atomic E-state index is 4.57. The van der Waals surface area contributed by atoms with E-state index in [0.29, 0.717) is 11.8 Å². The van der Waals surface area contributed by atoms with E-state index in [1.165, 1.54) is 10.6 Å². The van der Waals surface area contributed by atoms with Gasteiger partial charge in [-0.25, -0.2) is 0 Å². The van der Waals surface area contributed by atoms with E-state index in [-0.39, 0.29) is 0 Å². The molecule has 0 saturated carbocycles. The lowest BCUT2D eigenvalue weighted by Gasteiger charge is -2.17. The van der Waals surface area contributed by atoms with E-state index in [1.54, 1.807) is 0 Å². The van der Waals surface area contributed by atoms with Gasteiger partial charge in [-0.2, -0.15) is 0 Å². The topological polar surface area (TPSA) is 12.0 Å². The minimum absolute atomic E-state index is 0.574. The van der Waals surface area contributed by atoms with Gasteiger partial charge in [0.25, 0.3) is 0 Å². The van der Waals surface area contributed by atoms with Crippen molar-refractivity contribution >= 4 is 12.6 Å². The fourth-order valence-corrected chi connectivity index (χ4v) is 1.62. The van der Waals surface area contributed by atoms with Crippen LogP contribution in [0.1, 0.15) is 40.5 Å².